The fourth-order valence-electron chi connectivity index (χ4n) is 4.06. The number of urea groups is 1. The first-order valence-corrected chi connectivity index (χ1v) is 7.46. The zero-order chi connectivity index (χ0) is 15.5. The second kappa shape index (κ2) is 4.47. The Morgan fingerprint density at radius 2 is 2.14 bits per heavy atom. The van der Waals surface area contributed by atoms with Gasteiger partial charge < -0.3 is 19.9 Å². The molecule has 1 saturated heterocycles. The van der Waals surface area contributed by atoms with E-state index in [-0.39, 0.29) is 17.7 Å². The molecule has 2 aliphatic heterocycles. The molecule has 4 rings (SSSR count). The van der Waals surface area contributed by atoms with E-state index in [1.807, 2.05) is 6.07 Å². The molecule has 22 heavy (non-hydrogen) atoms. The maximum Gasteiger partial charge on any atom is 0.314 e. The van der Waals surface area contributed by atoms with Gasteiger partial charge >= 0.3 is 6.03 Å². The smallest absolute Gasteiger partial charge is 0.314 e. The SMILES string of the molecule is COC1NCC2(CN(C(N)=O)C2)c2c1n(C)c1ccccc21. The van der Waals surface area contributed by atoms with E-state index < -0.39 is 0 Å². The first-order valence-electron chi connectivity index (χ1n) is 7.46. The average Bonchev–Trinajstić information content (AvgIpc) is 2.79. The number of nitrogens with two attached hydrogens (primary N) is 1. The molecule has 3 N–H and O–H groups in total. The van der Waals surface area contributed by atoms with E-state index in [1.165, 1.54) is 16.5 Å². The van der Waals surface area contributed by atoms with Gasteiger partial charge in [0.1, 0.15) is 6.23 Å². The summed E-state index contributed by atoms with van der Waals surface area (Å²) in [6, 6.07) is 8.04. The van der Waals surface area contributed by atoms with Gasteiger partial charge in [0.25, 0.3) is 0 Å². The van der Waals surface area contributed by atoms with Crippen LogP contribution in [0.2, 0.25) is 0 Å². The lowest BCUT2D eigenvalue weighted by Gasteiger charge is -2.52. The van der Waals surface area contributed by atoms with E-state index in [2.05, 4.69) is 35.1 Å². The highest BCUT2D eigenvalue weighted by atomic mass is 16.5. The third kappa shape index (κ3) is 1.59. The predicted octanol–water partition coefficient (Wildman–Crippen LogP) is 1.06. The fourth-order valence-corrected chi connectivity index (χ4v) is 4.06. The van der Waals surface area contributed by atoms with Crippen molar-refractivity contribution in [3.05, 3.63) is 35.5 Å². The van der Waals surface area contributed by atoms with Crippen molar-refractivity contribution in [2.45, 2.75) is 11.6 Å². The highest BCUT2D eigenvalue weighted by molar-refractivity contribution is 5.88. The summed E-state index contributed by atoms with van der Waals surface area (Å²) >= 11 is 0. The molecule has 1 aromatic heterocycles. The van der Waals surface area contributed by atoms with Crippen molar-refractivity contribution in [3.63, 3.8) is 0 Å². The Bertz CT molecular complexity index is 761. The third-order valence-electron chi connectivity index (χ3n) is 5.09. The summed E-state index contributed by atoms with van der Waals surface area (Å²) < 4.78 is 7.82. The zero-order valence-corrected chi connectivity index (χ0v) is 12.8. The summed E-state index contributed by atoms with van der Waals surface area (Å²) in [6.07, 6.45) is -0.124. The number of carbonyl (C=O) groups is 1. The lowest BCUT2D eigenvalue weighted by Crippen LogP contribution is -2.68. The molecule has 2 aromatic rings. The Balaban J connectivity index is 1.92. The molecule has 0 saturated carbocycles. The Morgan fingerprint density at radius 1 is 1.41 bits per heavy atom. The highest BCUT2D eigenvalue weighted by Gasteiger charge is 2.52. The van der Waals surface area contributed by atoms with Gasteiger partial charge in [-0.05, 0) is 11.6 Å². The van der Waals surface area contributed by atoms with E-state index in [0.29, 0.717) is 13.1 Å². The van der Waals surface area contributed by atoms with Gasteiger partial charge in [0.05, 0.1) is 5.69 Å². The number of primary amides is 1. The molecule has 116 valence electrons. The van der Waals surface area contributed by atoms with E-state index in [1.54, 1.807) is 12.0 Å². The zero-order valence-electron chi connectivity index (χ0n) is 12.8. The number of nitrogens with one attached hydrogen (secondary N) is 1. The number of benzene rings is 1. The number of carbonyl (C=O) groups excluding carboxylic acids is 1. The molecule has 1 unspecified atom stereocenters. The summed E-state index contributed by atoms with van der Waals surface area (Å²) in [4.78, 5) is 13.1. The number of nitrogens with zero attached hydrogens (tertiary/aromatic N) is 2. The number of hydrogen-bond donors (Lipinski definition) is 2. The van der Waals surface area contributed by atoms with Crippen molar-refractivity contribution in [2.75, 3.05) is 26.7 Å². The molecular weight excluding hydrogens is 280 g/mol. The minimum Gasteiger partial charge on any atom is -0.361 e. The van der Waals surface area contributed by atoms with E-state index in [9.17, 15) is 4.79 Å². The molecule has 0 aliphatic carbocycles. The van der Waals surface area contributed by atoms with Crippen LogP contribution in [-0.2, 0) is 17.2 Å². The first kappa shape index (κ1) is 13.6. The van der Waals surface area contributed by atoms with Gasteiger partial charge in [-0.1, -0.05) is 18.2 Å². The molecule has 3 heterocycles. The maximum atomic E-state index is 11.4. The Hall–Kier alpha value is -2.05. The molecule has 1 spiro atoms. The van der Waals surface area contributed by atoms with Crippen LogP contribution in [0.4, 0.5) is 4.79 Å². The van der Waals surface area contributed by atoms with Gasteiger partial charge in [-0.25, -0.2) is 4.79 Å². The highest BCUT2D eigenvalue weighted by Crippen LogP contribution is 2.46. The second-order valence-electron chi connectivity index (χ2n) is 6.31. The first-order chi connectivity index (χ1) is 10.6. The number of aromatic nitrogens is 1. The van der Waals surface area contributed by atoms with Crippen LogP contribution in [0.15, 0.2) is 24.3 Å². The average molecular weight is 300 g/mol. The van der Waals surface area contributed by atoms with Crippen LogP contribution in [0.25, 0.3) is 10.9 Å². The van der Waals surface area contributed by atoms with Gasteiger partial charge in [0.2, 0.25) is 0 Å². The molecule has 0 bridgehead atoms. The van der Waals surface area contributed by atoms with E-state index in [4.69, 9.17) is 10.5 Å². The minimum atomic E-state index is -0.346. The molecule has 1 fully saturated rings. The van der Waals surface area contributed by atoms with Gasteiger partial charge in [0, 0.05) is 50.1 Å². The summed E-state index contributed by atoms with van der Waals surface area (Å²) in [7, 11) is 3.78. The van der Waals surface area contributed by atoms with Crippen molar-refractivity contribution in [1.82, 2.24) is 14.8 Å². The molecule has 6 heteroatoms. The Morgan fingerprint density at radius 3 is 2.82 bits per heavy atom. The number of rotatable bonds is 1. The molecule has 1 atom stereocenters. The number of hydrogen-bond acceptors (Lipinski definition) is 3. The lowest BCUT2D eigenvalue weighted by atomic mass is 9.70. The molecule has 6 nitrogen and oxygen atoms in total. The predicted molar refractivity (Wildman–Crippen MR) is 83.5 cm³/mol. The van der Waals surface area contributed by atoms with Gasteiger partial charge in [-0.2, -0.15) is 0 Å². The van der Waals surface area contributed by atoms with Gasteiger partial charge in [0.15, 0.2) is 0 Å². The van der Waals surface area contributed by atoms with Crippen LogP contribution in [0.5, 0.6) is 0 Å². The summed E-state index contributed by atoms with van der Waals surface area (Å²) in [5.74, 6) is 0. The molecule has 2 amide bonds. The Kier molecular flexibility index (Phi) is 2.76. The van der Waals surface area contributed by atoms with Crippen LogP contribution in [0.3, 0.4) is 0 Å². The number of aryl methyl sites for hydroxylation is 1. The van der Waals surface area contributed by atoms with Crippen molar-refractivity contribution in [3.8, 4) is 0 Å². The van der Waals surface area contributed by atoms with Crippen LogP contribution in [0.1, 0.15) is 17.5 Å². The largest absolute Gasteiger partial charge is 0.361 e. The monoisotopic (exact) mass is 300 g/mol. The summed E-state index contributed by atoms with van der Waals surface area (Å²) in [5, 5.41) is 4.70. The van der Waals surface area contributed by atoms with Gasteiger partial charge in [-0.3, -0.25) is 5.32 Å². The number of likely N-dealkylation sites (tertiary alicyclic amines) is 1. The minimum absolute atomic E-state index is 0.0692. The lowest BCUT2D eigenvalue weighted by molar-refractivity contribution is 0.0211. The van der Waals surface area contributed by atoms with Crippen LogP contribution >= 0.6 is 0 Å². The topological polar surface area (TPSA) is 72.5 Å². The van der Waals surface area contributed by atoms with Crippen molar-refractivity contribution in [1.29, 1.82) is 0 Å². The van der Waals surface area contributed by atoms with Crippen LogP contribution in [-0.4, -0.2) is 42.2 Å². The molecule has 0 radical (unpaired) electrons. The molecule has 1 aromatic carbocycles. The normalized spacial score (nSPS) is 22.6. The number of ether oxygens (including phenoxy) is 1. The van der Waals surface area contributed by atoms with Crippen LogP contribution < -0.4 is 11.1 Å². The maximum absolute atomic E-state index is 11.4. The quantitative estimate of drug-likeness (QED) is 0.827. The Labute approximate surface area is 128 Å². The molecule has 2 aliphatic rings. The van der Waals surface area contributed by atoms with Crippen LogP contribution in [0, 0.1) is 0 Å². The second-order valence-corrected chi connectivity index (χ2v) is 6.31. The third-order valence-corrected chi connectivity index (χ3v) is 5.09. The van der Waals surface area contributed by atoms with Crippen molar-refractivity contribution < 1.29 is 9.53 Å². The molecular formula is C16H20N4O2. The number of fused-ring (bicyclic) bond motifs is 4. The number of para-hydroxylation sites is 1. The summed E-state index contributed by atoms with van der Waals surface area (Å²) in [6.45, 7) is 2.11. The number of amides is 2. The van der Waals surface area contributed by atoms with Crippen molar-refractivity contribution >= 4 is 16.9 Å². The van der Waals surface area contributed by atoms with Gasteiger partial charge in [-0.15, -0.1) is 0 Å². The fraction of sp³-hybridized carbons (Fsp3) is 0.438. The van der Waals surface area contributed by atoms with E-state index in [0.717, 1.165) is 12.2 Å². The summed E-state index contributed by atoms with van der Waals surface area (Å²) in [5.41, 5.74) is 8.99. The van der Waals surface area contributed by atoms with Crippen molar-refractivity contribution in [2.24, 2.45) is 12.8 Å². The standard InChI is InChI=1S/C16H20N4O2/c1-19-11-6-4-3-5-10(11)12-13(19)14(22-2)18-7-16(12)8-20(9-16)15(17)21/h3-6,14,18H,7-9H2,1-2H3,(H2,17,21). The van der Waals surface area contributed by atoms with E-state index >= 15 is 0 Å². The number of methoxy groups -OCH3 is 1.